The third-order valence-electron chi connectivity index (χ3n) is 5.18. The number of hydrogen-bond donors (Lipinski definition) is 2. The van der Waals surface area contributed by atoms with Crippen molar-refractivity contribution in [1.82, 2.24) is 23.8 Å². The zero-order valence-electron chi connectivity index (χ0n) is 14.7. The fourth-order valence-electron chi connectivity index (χ4n) is 3.71. The van der Waals surface area contributed by atoms with Gasteiger partial charge in [0.25, 0.3) is 0 Å². The number of nitrogens with one attached hydrogen (secondary N) is 2. The van der Waals surface area contributed by atoms with Gasteiger partial charge in [-0.25, -0.2) is 0 Å². The Bertz CT molecular complexity index is 1080. The summed E-state index contributed by atoms with van der Waals surface area (Å²) in [5.74, 6) is 0.896. The van der Waals surface area contributed by atoms with Crippen LogP contribution in [0.15, 0.2) is 36.4 Å². The number of fused-ring (bicyclic) bond motifs is 2. The summed E-state index contributed by atoms with van der Waals surface area (Å²) in [6, 6.07) is 12.6. The van der Waals surface area contributed by atoms with Crippen molar-refractivity contribution in [2.45, 2.75) is 25.4 Å². The van der Waals surface area contributed by atoms with E-state index in [1.165, 1.54) is 17.3 Å². The van der Waals surface area contributed by atoms with Crippen LogP contribution < -0.4 is 5.32 Å². The van der Waals surface area contributed by atoms with Crippen LogP contribution in [0.1, 0.15) is 18.4 Å². The fraction of sp³-hybridized carbons (Fsp3) is 0.316. The molecular weight excluding hydrogens is 380 g/mol. The molecule has 0 spiro atoms. The molecule has 1 aliphatic rings. The smallest absolute Gasteiger partial charge is 0.155 e. The van der Waals surface area contributed by atoms with Crippen LogP contribution in [-0.2, 0) is 6.54 Å². The maximum atomic E-state index is 6.13. The number of hydrogen-bond acceptors (Lipinski definition) is 6. The molecule has 1 saturated heterocycles. The van der Waals surface area contributed by atoms with Crippen LogP contribution in [0.3, 0.4) is 0 Å². The molecule has 6 nitrogen and oxygen atoms in total. The molecule has 0 unspecified atom stereocenters. The second-order valence-electron chi connectivity index (χ2n) is 7.04. The average molecular weight is 399 g/mol. The van der Waals surface area contributed by atoms with Gasteiger partial charge in [0.2, 0.25) is 0 Å². The molecule has 0 atom stereocenters. The van der Waals surface area contributed by atoms with Crippen molar-refractivity contribution in [1.29, 1.82) is 0 Å². The Hall–Kier alpha value is -2.22. The summed E-state index contributed by atoms with van der Waals surface area (Å²) < 4.78 is 8.61. The first-order chi connectivity index (χ1) is 13.2. The Kier molecular flexibility index (Phi) is 4.43. The van der Waals surface area contributed by atoms with E-state index in [9.17, 15) is 0 Å². The number of piperidine rings is 1. The summed E-state index contributed by atoms with van der Waals surface area (Å²) in [5, 5.41) is 12.9. The van der Waals surface area contributed by atoms with Crippen LogP contribution in [0.25, 0.3) is 21.9 Å². The van der Waals surface area contributed by atoms with Crippen LogP contribution in [0.4, 0.5) is 5.82 Å². The highest BCUT2D eigenvalue weighted by Gasteiger charge is 2.20. The number of aromatic nitrogens is 4. The predicted octanol–water partition coefficient (Wildman–Crippen LogP) is 4.30. The first kappa shape index (κ1) is 16.9. The van der Waals surface area contributed by atoms with E-state index in [2.05, 4.69) is 47.4 Å². The van der Waals surface area contributed by atoms with Crippen molar-refractivity contribution in [3.05, 3.63) is 47.0 Å². The highest BCUT2D eigenvalue weighted by atomic mass is 35.5. The van der Waals surface area contributed by atoms with Crippen LogP contribution in [0.5, 0.6) is 0 Å². The number of likely N-dealkylation sites (tertiary alicyclic amines) is 1. The zero-order valence-corrected chi connectivity index (χ0v) is 16.2. The third-order valence-corrected chi connectivity index (χ3v) is 5.97. The molecule has 0 bridgehead atoms. The molecule has 0 aliphatic carbocycles. The number of halogens is 1. The Balaban J connectivity index is 1.21. The average Bonchev–Trinajstić information content (AvgIpc) is 3.30. The molecule has 1 aliphatic heterocycles. The second kappa shape index (κ2) is 7.07. The van der Waals surface area contributed by atoms with E-state index < -0.39 is 0 Å². The Morgan fingerprint density at radius 1 is 1.11 bits per heavy atom. The van der Waals surface area contributed by atoms with Gasteiger partial charge in [-0.15, -0.1) is 0 Å². The molecule has 0 saturated carbocycles. The molecule has 1 fully saturated rings. The predicted molar refractivity (Wildman–Crippen MR) is 110 cm³/mol. The SMILES string of the molecule is Clc1ccc2[nH]nc(NC3CCN(Cc4ccc5nsnc5c4)CC3)c2c1. The number of rotatable bonds is 4. The van der Waals surface area contributed by atoms with Gasteiger partial charge in [-0.2, -0.15) is 13.8 Å². The molecule has 2 aromatic carbocycles. The first-order valence-corrected chi connectivity index (χ1v) is 10.2. The lowest BCUT2D eigenvalue weighted by Crippen LogP contribution is -2.38. The lowest BCUT2D eigenvalue weighted by molar-refractivity contribution is 0.211. The van der Waals surface area contributed by atoms with Crippen molar-refractivity contribution in [2.75, 3.05) is 18.4 Å². The summed E-state index contributed by atoms with van der Waals surface area (Å²) in [6.07, 6.45) is 2.19. The minimum Gasteiger partial charge on any atom is -0.365 e. The highest BCUT2D eigenvalue weighted by molar-refractivity contribution is 7.00. The van der Waals surface area contributed by atoms with E-state index in [1.54, 1.807) is 0 Å². The Morgan fingerprint density at radius 3 is 2.85 bits per heavy atom. The summed E-state index contributed by atoms with van der Waals surface area (Å²) in [5.41, 5.74) is 4.29. The number of benzene rings is 2. The molecule has 0 radical (unpaired) electrons. The molecular formula is C19H19ClN6S. The van der Waals surface area contributed by atoms with Gasteiger partial charge in [0.1, 0.15) is 11.0 Å². The maximum Gasteiger partial charge on any atom is 0.155 e. The topological polar surface area (TPSA) is 69.7 Å². The van der Waals surface area contributed by atoms with Crippen molar-refractivity contribution in [3.8, 4) is 0 Å². The third kappa shape index (κ3) is 3.50. The number of aromatic amines is 1. The summed E-state index contributed by atoms with van der Waals surface area (Å²) in [7, 11) is 0. The van der Waals surface area contributed by atoms with Gasteiger partial charge in [0, 0.05) is 36.1 Å². The minimum absolute atomic E-state index is 0.428. The van der Waals surface area contributed by atoms with E-state index in [4.69, 9.17) is 11.6 Å². The maximum absolute atomic E-state index is 6.13. The van der Waals surface area contributed by atoms with Gasteiger partial charge in [0.05, 0.1) is 17.2 Å². The van der Waals surface area contributed by atoms with Crippen LogP contribution >= 0.6 is 23.3 Å². The summed E-state index contributed by atoms with van der Waals surface area (Å²) >= 11 is 7.40. The molecule has 4 aromatic rings. The van der Waals surface area contributed by atoms with Gasteiger partial charge >= 0.3 is 0 Å². The van der Waals surface area contributed by atoms with E-state index in [0.717, 1.165) is 65.3 Å². The lowest BCUT2D eigenvalue weighted by Gasteiger charge is -2.32. The van der Waals surface area contributed by atoms with Crippen molar-refractivity contribution in [2.24, 2.45) is 0 Å². The molecule has 138 valence electrons. The molecule has 3 heterocycles. The zero-order chi connectivity index (χ0) is 18.2. The van der Waals surface area contributed by atoms with E-state index in [0.29, 0.717) is 6.04 Å². The van der Waals surface area contributed by atoms with Crippen LogP contribution in [-0.4, -0.2) is 43.0 Å². The first-order valence-electron chi connectivity index (χ1n) is 9.08. The standard InChI is InChI=1S/C19H19ClN6S/c20-13-2-4-16-15(10-13)19(23-22-16)21-14-5-7-26(8-6-14)11-12-1-3-17-18(9-12)25-27-24-17/h1-4,9-10,14H,5-8,11H2,(H2,21,22,23). The van der Waals surface area contributed by atoms with E-state index >= 15 is 0 Å². The minimum atomic E-state index is 0.428. The number of nitrogens with zero attached hydrogens (tertiary/aromatic N) is 4. The molecule has 27 heavy (non-hydrogen) atoms. The number of H-pyrrole nitrogens is 1. The van der Waals surface area contributed by atoms with E-state index in [1.807, 2.05) is 18.2 Å². The summed E-state index contributed by atoms with van der Waals surface area (Å²) in [4.78, 5) is 2.50. The lowest BCUT2D eigenvalue weighted by atomic mass is 10.0. The van der Waals surface area contributed by atoms with Crippen LogP contribution in [0, 0.1) is 0 Å². The van der Waals surface area contributed by atoms with Crippen molar-refractivity contribution < 1.29 is 0 Å². The van der Waals surface area contributed by atoms with Crippen molar-refractivity contribution in [3.63, 3.8) is 0 Å². The summed E-state index contributed by atoms with van der Waals surface area (Å²) in [6.45, 7) is 3.09. The van der Waals surface area contributed by atoms with E-state index in [-0.39, 0.29) is 0 Å². The largest absolute Gasteiger partial charge is 0.365 e. The molecule has 8 heteroatoms. The normalized spacial score (nSPS) is 16.3. The van der Waals surface area contributed by atoms with Gasteiger partial charge < -0.3 is 5.32 Å². The molecule has 0 amide bonds. The molecule has 2 N–H and O–H groups in total. The monoisotopic (exact) mass is 398 g/mol. The number of anilines is 1. The molecule has 5 rings (SSSR count). The van der Waals surface area contributed by atoms with Crippen LogP contribution in [0.2, 0.25) is 5.02 Å². The Morgan fingerprint density at radius 2 is 1.96 bits per heavy atom. The van der Waals surface area contributed by atoms with Gasteiger partial charge in [-0.3, -0.25) is 10.00 Å². The Labute approximate surface area is 165 Å². The highest BCUT2D eigenvalue weighted by Crippen LogP contribution is 2.26. The van der Waals surface area contributed by atoms with Gasteiger partial charge in [-0.1, -0.05) is 17.7 Å². The second-order valence-corrected chi connectivity index (χ2v) is 8.01. The quantitative estimate of drug-likeness (QED) is 0.536. The molecule has 2 aromatic heterocycles. The van der Waals surface area contributed by atoms with Gasteiger partial charge in [-0.05, 0) is 48.7 Å². The fourth-order valence-corrected chi connectivity index (χ4v) is 4.40. The van der Waals surface area contributed by atoms with Gasteiger partial charge in [0.15, 0.2) is 5.82 Å². The van der Waals surface area contributed by atoms with Crippen molar-refractivity contribution >= 4 is 51.1 Å².